The molecule has 1 heterocycles. The highest BCUT2D eigenvalue weighted by molar-refractivity contribution is 14.0. The minimum absolute atomic E-state index is 0. The second kappa shape index (κ2) is 10.2. The molecule has 0 fully saturated rings. The number of hydrogen-bond acceptors (Lipinski definition) is 4. The molecule has 0 bridgehead atoms. The van der Waals surface area contributed by atoms with Crippen LogP contribution in [0.3, 0.4) is 0 Å². The first-order chi connectivity index (χ1) is 10.7. The van der Waals surface area contributed by atoms with Crippen LogP contribution in [-0.2, 0) is 11.3 Å². The lowest BCUT2D eigenvalue weighted by atomic mass is 10.2. The van der Waals surface area contributed by atoms with Gasteiger partial charge in [-0.25, -0.2) is 9.67 Å². The highest BCUT2D eigenvalue weighted by Gasteiger charge is 2.04. The van der Waals surface area contributed by atoms with Crippen LogP contribution in [0.15, 0.2) is 41.9 Å². The van der Waals surface area contributed by atoms with E-state index in [-0.39, 0.29) is 30.0 Å². The van der Waals surface area contributed by atoms with Crippen molar-refractivity contribution in [3.05, 3.63) is 42.5 Å². The average Bonchev–Trinajstić information content (AvgIpc) is 3.06. The van der Waals surface area contributed by atoms with Gasteiger partial charge in [0.15, 0.2) is 5.96 Å². The van der Waals surface area contributed by atoms with E-state index in [1.165, 1.54) is 6.33 Å². The van der Waals surface area contributed by atoms with Crippen LogP contribution in [0.4, 0.5) is 0 Å². The van der Waals surface area contributed by atoms with Crippen LogP contribution < -0.4 is 10.6 Å². The monoisotopic (exact) mass is 430 g/mol. The summed E-state index contributed by atoms with van der Waals surface area (Å²) in [5.41, 5.74) is 2.14. The van der Waals surface area contributed by atoms with Crippen LogP contribution in [-0.4, -0.2) is 47.5 Å². The van der Waals surface area contributed by atoms with E-state index >= 15 is 0 Å². The number of halogens is 1. The van der Waals surface area contributed by atoms with Gasteiger partial charge in [-0.3, -0.25) is 4.99 Å². The molecule has 2 rings (SSSR count). The van der Waals surface area contributed by atoms with Gasteiger partial charge in [-0.2, -0.15) is 5.10 Å². The molecule has 0 aliphatic heterocycles. The Morgan fingerprint density at radius 2 is 2.09 bits per heavy atom. The summed E-state index contributed by atoms with van der Waals surface area (Å²) in [6, 6.07) is 8.32. The third-order valence-electron chi connectivity index (χ3n) is 3.10. The van der Waals surface area contributed by atoms with Crippen LogP contribution in [0.1, 0.15) is 12.5 Å². The molecule has 1 aromatic carbocycles. The van der Waals surface area contributed by atoms with E-state index < -0.39 is 0 Å². The zero-order valence-electron chi connectivity index (χ0n) is 13.6. The van der Waals surface area contributed by atoms with Gasteiger partial charge < -0.3 is 15.4 Å². The van der Waals surface area contributed by atoms with E-state index in [0.29, 0.717) is 13.2 Å². The van der Waals surface area contributed by atoms with Crippen LogP contribution in [0.25, 0.3) is 5.69 Å². The van der Waals surface area contributed by atoms with Gasteiger partial charge in [0.05, 0.1) is 12.3 Å². The van der Waals surface area contributed by atoms with Crippen molar-refractivity contribution in [3.8, 4) is 5.69 Å². The Kier molecular flexibility index (Phi) is 8.56. The van der Waals surface area contributed by atoms with E-state index in [0.717, 1.165) is 17.2 Å². The van der Waals surface area contributed by atoms with Crippen molar-refractivity contribution >= 4 is 29.9 Å². The molecule has 0 radical (unpaired) electrons. The first kappa shape index (κ1) is 19.4. The van der Waals surface area contributed by atoms with Gasteiger partial charge >= 0.3 is 0 Å². The summed E-state index contributed by atoms with van der Waals surface area (Å²) in [6.45, 7) is 3.37. The van der Waals surface area contributed by atoms with Crippen molar-refractivity contribution in [3.63, 3.8) is 0 Å². The fraction of sp³-hybridized carbons (Fsp3) is 0.400. The molecule has 8 heteroatoms. The molecule has 2 N–H and O–H groups in total. The predicted molar refractivity (Wildman–Crippen MR) is 101 cm³/mol. The fourth-order valence-electron chi connectivity index (χ4n) is 2.01. The number of aliphatic imine (C=N–C) groups is 1. The predicted octanol–water partition coefficient (Wildman–Crippen LogP) is 1.59. The van der Waals surface area contributed by atoms with Gasteiger partial charge in [-0.1, -0.05) is 12.1 Å². The molecule has 7 nitrogen and oxygen atoms in total. The minimum atomic E-state index is 0. The molecule has 0 aliphatic carbocycles. The maximum absolute atomic E-state index is 5.10. The Morgan fingerprint density at radius 1 is 1.35 bits per heavy atom. The number of aromatic nitrogens is 3. The standard InChI is InChI=1S/C15H22N6O.HI/c1-12(9-22-3)20-15(16-2)18-8-13-4-6-14(7-5-13)21-11-17-10-19-21;/h4-7,10-12H,8-9H2,1-3H3,(H2,16,18,20);1H. The highest BCUT2D eigenvalue weighted by atomic mass is 127. The molecule has 0 saturated carbocycles. The number of nitrogens with zero attached hydrogens (tertiary/aromatic N) is 4. The number of nitrogens with one attached hydrogen (secondary N) is 2. The molecule has 1 aromatic heterocycles. The van der Waals surface area contributed by atoms with E-state index in [2.05, 4.69) is 37.8 Å². The molecule has 1 atom stereocenters. The summed E-state index contributed by atoms with van der Waals surface area (Å²) >= 11 is 0. The Hall–Kier alpha value is -1.68. The first-order valence-electron chi connectivity index (χ1n) is 7.13. The first-order valence-corrected chi connectivity index (χ1v) is 7.13. The summed E-state index contributed by atoms with van der Waals surface area (Å²) in [6.07, 6.45) is 3.20. The Bertz CT molecular complexity index is 585. The lowest BCUT2D eigenvalue weighted by Gasteiger charge is -2.17. The van der Waals surface area contributed by atoms with Gasteiger partial charge in [-0.05, 0) is 24.6 Å². The zero-order chi connectivity index (χ0) is 15.8. The quantitative estimate of drug-likeness (QED) is 0.414. The summed E-state index contributed by atoms with van der Waals surface area (Å²) in [4.78, 5) is 8.14. The van der Waals surface area contributed by atoms with Crippen molar-refractivity contribution in [2.75, 3.05) is 20.8 Å². The van der Waals surface area contributed by atoms with Crippen molar-refractivity contribution in [2.24, 2.45) is 4.99 Å². The van der Waals surface area contributed by atoms with Crippen LogP contribution in [0, 0.1) is 0 Å². The molecule has 0 saturated heterocycles. The number of rotatable bonds is 6. The van der Waals surface area contributed by atoms with Crippen molar-refractivity contribution in [2.45, 2.75) is 19.5 Å². The lowest BCUT2D eigenvalue weighted by Crippen LogP contribution is -2.43. The van der Waals surface area contributed by atoms with Crippen molar-refractivity contribution in [1.82, 2.24) is 25.4 Å². The smallest absolute Gasteiger partial charge is 0.191 e. The number of benzene rings is 1. The van der Waals surface area contributed by atoms with Crippen LogP contribution in [0.2, 0.25) is 0 Å². The molecule has 23 heavy (non-hydrogen) atoms. The van der Waals surface area contributed by atoms with E-state index in [1.54, 1.807) is 25.2 Å². The van der Waals surface area contributed by atoms with Crippen LogP contribution in [0.5, 0.6) is 0 Å². The summed E-state index contributed by atoms with van der Waals surface area (Å²) in [5.74, 6) is 0.755. The second-order valence-corrected chi connectivity index (χ2v) is 4.93. The molecule has 2 aromatic rings. The van der Waals surface area contributed by atoms with Gasteiger partial charge in [0.1, 0.15) is 12.7 Å². The van der Waals surface area contributed by atoms with E-state index in [9.17, 15) is 0 Å². The number of methoxy groups -OCH3 is 1. The number of ether oxygens (including phenoxy) is 1. The largest absolute Gasteiger partial charge is 0.383 e. The molecular weight excluding hydrogens is 407 g/mol. The normalized spacial score (nSPS) is 12.4. The highest BCUT2D eigenvalue weighted by Crippen LogP contribution is 2.07. The maximum Gasteiger partial charge on any atom is 0.191 e. The molecular formula is C15H23IN6O. The fourth-order valence-corrected chi connectivity index (χ4v) is 2.01. The Morgan fingerprint density at radius 3 is 2.65 bits per heavy atom. The van der Waals surface area contributed by atoms with Crippen molar-refractivity contribution < 1.29 is 4.74 Å². The number of guanidine groups is 1. The molecule has 126 valence electrons. The van der Waals surface area contributed by atoms with Gasteiger partial charge in [-0.15, -0.1) is 24.0 Å². The van der Waals surface area contributed by atoms with Crippen LogP contribution >= 0.6 is 24.0 Å². The molecule has 0 aliphatic rings. The third kappa shape index (κ3) is 6.14. The van der Waals surface area contributed by atoms with Gasteiger partial charge in [0.2, 0.25) is 0 Å². The SMILES string of the molecule is CN=C(NCc1ccc(-n2cncn2)cc1)NC(C)COC.I. The maximum atomic E-state index is 5.10. The molecule has 1 unspecified atom stereocenters. The Balaban J connectivity index is 0.00000264. The summed E-state index contributed by atoms with van der Waals surface area (Å²) < 4.78 is 6.83. The van der Waals surface area contributed by atoms with Gasteiger partial charge in [0.25, 0.3) is 0 Å². The van der Waals surface area contributed by atoms with Crippen molar-refractivity contribution in [1.29, 1.82) is 0 Å². The summed E-state index contributed by atoms with van der Waals surface area (Å²) in [5, 5.41) is 10.6. The van der Waals surface area contributed by atoms with E-state index in [4.69, 9.17) is 4.74 Å². The average molecular weight is 430 g/mol. The number of hydrogen-bond donors (Lipinski definition) is 2. The zero-order valence-corrected chi connectivity index (χ0v) is 15.9. The van der Waals surface area contributed by atoms with E-state index in [1.807, 2.05) is 19.1 Å². The molecule has 0 spiro atoms. The second-order valence-electron chi connectivity index (χ2n) is 4.93. The summed E-state index contributed by atoms with van der Waals surface area (Å²) in [7, 11) is 3.44. The topological polar surface area (TPSA) is 76.4 Å². The van der Waals surface area contributed by atoms with Gasteiger partial charge in [0, 0.05) is 26.7 Å². The minimum Gasteiger partial charge on any atom is -0.383 e. The lowest BCUT2D eigenvalue weighted by molar-refractivity contribution is 0.179. The molecule has 0 amide bonds. The Labute approximate surface area is 153 Å². The third-order valence-corrected chi connectivity index (χ3v) is 3.10.